The SMILES string of the molecule is C[C@@]12OC(=O)[C@]1(C(=O)C1CCCC(=O)C1)NC(=O)[C@@H]2CCCl. The highest BCUT2D eigenvalue weighted by Gasteiger charge is 2.80. The Morgan fingerprint density at radius 3 is 2.73 bits per heavy atom. The zero-order valence-corrected chi connectivity index (χ0v) is 13.1. The van der Waals surface area contributed by atoms with E-state index in [1.807, 2.05) is 0 Å². The Bertz CT molecular complexity index is 576. The van der Waals surface area contributed by atoms with Gasteiger partial charge in [0.25, 0.3) is 0 Å². The number of esters is 1. The van der Waals surface area contributed by atoms with Gasteiger partial charge >= 0.3 is 5.97 Å². The number of hydrogen-bond donors (Lipinski definition) is 1. The van der Waals surface area contributed by atoms with Crippen LogP contribution in [0.1, 0.15) is 39.0 Å². The van der Waals surface area contributed by atoms with Crippen molar-refractivity contribution in [2.45, 2.75) is 50.2 Å². The maximum absolute atomic E-state index is 12.9. The summed E-state index contributed by atoms with van der Waals surface area (Å²) in [6.07, 6.45) is 2.14. The number of rotatable bonds is 4. The van der Waals surface area contributed by atoms with E-state index < -0.39 is 28.9 Å². The Labute approximate surface area is 132 Å². The molecule has 3 fully saturated rings. The third-order valence-corrected chi connectivity index (χ3v) is 5.49. The van der Waals surface area contributed by atoms with Crippen molar-refractivity contribution >= 4 is 35.0 Å². The smallest absolute Gasteiger partial charge is 0.344 e. The molecule has 1 aliphatic carbocycles. The first-order chi connectivity index (χ1) is 10.4. The van der Waals surface area contributed by atoms with Crippen molar-refractivity contribution in [3.8, 4) is 0 Å². The van der Waals surface area contributed by atoms with Gasteiger partial charge in [0.05, 0.1) is 5.92 Å². The van der Waals surface area contributed by atoms with Crippen LogP contribution in [0.25, 0.3) is 0 Å². The van der Waals surface area contributed by atoms with Gasteiger partial charge in [-0.2, -0.15) is 0 Å². The lowest BCUT2D eigenvalue weighted by Crippen LogP contribution is -2.78. The standard InChI is InChI=1S/C15H18ClNO5/c1-14-10(5-6-16)12(20)17-15(14,13(21)22-14)11(19)8-3-2-4-9(18)7-8/h8,10H,2-7H2,1H3,(H,17,20)/t8?,10-,14-,15-/m0/s1. The number of Topliss-reactive ketones (excluding diaryl/α,β-unsaturated/α-hetero) is 2. The van der Waals surface area contributed by atoms with Crippen molar-refractivity contribution in [3.05, 3.63) is 0 Å². The fourth-order valence-corrected chi connectivity index (χ4v) is 4.23. The number of ketones is 2. The Morgan fingerprint density at radius 1 is 1.41 bits per heavy atom. The highest BCUT2D eigenvalue weighted by atomic mass is 35.5. The molecular weight excluding hydrogens is 310 g/mol. The number of carbonyl (C=O) groups is 4. The quantitative estimate of drug-likeness (QED) is 0.467. The van der Waals surface area contributed by atoms with Crippen molar-refractivity contribution in [2.75, 3.05) is 5.88 Å². The van der Waals surface area contributed by atoms with Gasteiger partial charge in [-0.25, -0.2) is 4.79 Å². The Balaban J connectivity index is 1.93. The van der Waals surface area contributed by atoms with E-state index in [0.29, 0.717) is 25.7 Å². The zero-order chi connectivity index (χ0) is 16.1. The average molecular weight is 328 g/mol. The third-order valence-electron chi connectivity index (χ3n) is 5.27. The number of fused-ring (bicyclic) bond motifs is 1. The molecule has 0 aromatic rings. The van der Waals surface area contributed by atoms with Crippen molar-refractivity contribution in [1.82, 2.24) is 5.32 Å². The van der Waals surface area contributed by atoms with Crippen LogP contribution in [-0.4, -0.2) is 40.5 Å². The van der Waals surface area contributed by atoms with Crippen LogP contribution >= 0.6 is 11.6 Å². The molecule has 6 nitrogen and oxygen atoms in total. The number of ether oxygens (including phenoxy) is 1. The molecule has 4 atom stereocenters. The lowest BCUT2D eigenvalue weighted by atomic mass is 9.64. The van der Waals surface area contributed by atoms with Gasteiger partial charge in [-0.3, -0.25) is 14.4 Å². The summed E-state index contributed by atoms with van der Waals surface area (Å²) in [5, 5.41) is 2.57. The van der Waals surface area contributed by atoms with Crippen LogP contribution in [0, 0.1) is 11.8 Å². The van der Waals surface area contributed by atoms with Crippen molar-refractivity contribution < 1.29 is 23.9 Å². The first-order valence-electron chi connectivity index (χ1n) is 7.54. The zero-order valence-electron chi connectivity index (χ0n) is 12.3. The second-order valence-corrected chi connectivity index (χ2v) is 6.84. The summed E-state index contributed by atoms with van der Waals surface area (Å²) in [6.45, 7) is 1.60. The van der Waals surface area contributed by atoms with Crippen LogP contribution in [0.15, 0.2) is 0 Å². The van der Waals surface area contributed by atoms with Crippen LogP contribution in [0.2, 0.25) is 0 Å². The molecule has 2 saturated heterocycles. The fraction of sp³-hybridized carbons (Fsp3) is 0.733. The number of halogens is 1. The summed E-state index contributed by atoms with van der Waals surface area (Å²) in [6, 6.07) is 0. The van der Waals surface area contributed by atoms with Crippen molar-refractivity contribution in [2.24, 2.45) is 11.8 Å². The summed E-state index contributed by atoms with van der Waals surface area (Å²) in [5.41, 5.74) is -2.84. The molecule has 0 aromatic carbocycles. The molecule has 120 valence electrons. The van der Waals surface area contributed by atoms with Gasteiger partial charge in [-0.15, -0.1) is 11.6 Å². The predicted molar refractivity (Wildman–Crippen MR) is 76.2 cm³/mol. The predicted octanol–water partition coefficient (Wildman–Crippen LogP) is 0.744. The summed E-state index contributed by atoms with van der Waals surface area (Å²) in [4.78, 5) is 48.9. The second-order valence-electron chi connectivity index (χ2n) is 6.46. The molecule has 0 spiro atoms. The van der Waals surface area contributed by atoms with Gasteiger partial charge < -0.3 is 10.1 Å². The van der Waals surface area contributed by atoms with Crippen LogP contribution in [0.4, 0.5) is 0 Å². The van der Waals surface area contributed by atoms with Crippen LogP contribution in [0.5, 0.6) is 0 Å². The van der Waals surface area contributed by atoms with E-state index in [2.05, 4.69) is 5.32 Å². The summed E-state index contributed by atoms with van der Waals surface area (Å²) in [7, 11) is 0. The van der Waals surface area contributed by atoms with Gasteiger partial charge in [0.15, 0.2) is 11.4 Å². The highest BCUT2D eigenvalue weighted by Crippen LogP contribution is 2.52. The monoisotopic (exact) mass is 327 g/mol. The molecule has 1 amide bonds. The minimum Gasteiger partial charge on any atom is -0.453 e. The molecule has 7 heteroatoms. The number of hydrogen-bond acceptors (Lipinski definition) is 5. The minimum absolute atomic E-state index is 0.0250. The second kappa shape index (κ2) is 5.05. The molecule has 0 aromatic heterocycles. The largest absolute Gasteiger partial charge is 0.453 e. The number of nitrogens with one attached hydrogen (secondary N) is 1. The van der Waals surface area contributed by atoms with Gasteiger partial charge in [-0.1, -0.05) is 0 Å². The van der Waals surface area contributed by atoms with E-state index in [1.54, 1.807) is 6.92 Å². The first kappa shape index (κ1) is 15.5. The maximum Gasteiger partial charge on any atom is 0.344 e. The van der Waals surface area contributed by atoms with Crippen LogP contribution in [0.3, 0.4) is 0 Å². The summed E-state index contributed by atoms with van der Waals surface area (Å²) < 4.78 is 5.24. The molecule has 0 radical (unpaired) electrons. The Hall–Kier alpha value is -1.43. The lowest BCUT2D eigenvalue weighted by Gasteiger charge is -2.51. The van der Waals surface area contributed by atoms with E-state index in [4.69, 9.17) is 16.3 Å². The maximum atomic E-state index is 12.9. The average Bonchev–Trinajstić information content (AvgIpc) is 2.65. The van der Waals surface area contributed by atoms with Gasteiger partial charge in [0.2, 0.25) is 11.4 Å². The molecule has 2 aliphatic heterocycles. The van der Waals surface area contributed by atoms with Gasteiger partial charge in [0.1, 0.15) is 5.78 Å². The first-order valence-corrected chi connectivity index (χ1v) is 8.07. The number of amides is 1. The summed E-state index contributed by atoms with van der Waals surface area (Å²) >= 11 is 5.73. The Morgan fingerprint density at radius 2 is 2.14 bits per heavy atom. The van der Waals surface area contributed by atoms with E-state index in [0.717, 1.165) is 0 Å². The topological polar surface area (TPSA) is 89.5 Å². The molecule has 2 heterocycles. The Kier molecular flexibility index (Phi) is 3.55. The molecule has 1 N–H and O–H groups in total. The molecule has 1 saturated carbocycles. The van der Waals surface area contributed by atoms with E-state index in [1.165, 1.54) is 0 Å². The van der Waals surface area contributed by atoms with Crippen molar-refractivity contribution in [3.63, 3.8) is 0 Å². The third kappa shape index (κ3) is 1.79. The number of carbonyl (C=O) groups excluding carboxylic acids is 4. The van der Waals surface area contributed by atoms with E-state index in [9.17, 15) is 19.2 Å². The van der Waals surface area contributed by atoms with Gasteiger partial charge in [-0.05, 0) is 26.2 Å². The number of alkyl halides is 1. The molecular formula is C15H18ClNO5. The molecule has 1 unspecified atom stereocenters. The normalized spacial score (nSPS) is 40.5. The van der Waals surface area contributed by atoms with Gasteiger partial charge in [0, 0.05) is 24.6 Å². The lowest BCUT2D eigenvalue weighted by molar-refractivity contribution is -0.219. The van der Waals surface area contributed by atoms with Crippen LogP contribution < -0.4 is 5.32 Å². The molecule has 0 bridgehead atoms. The van der Waals surface area contributed by atoms with E-state index >= 15 is 0 Å². The highest BCUT2D eigenvalue weighted by molar-refractivity contribution is 6.21. The summed E-state index contributed by atoms with van der Waals surface area (Å²) in [5.74, 6) is -2.39. The van der Waals surface area contributed by atoms with E-state index in [-0.39, 0.29) is 29.8 Å². The minimum atomic E-state index is -1.64. The fourth-order valence-electron chi connectivity index (χ4n) is 4.01. The van der Waals surface area contributed by atoms with Crippen LogP contribution in [-0.2, 0) is 23.9 Å². The molecule has 22 heavy (non-hydrogen) atoms. The van der Waals surface area contributed by atoms with Crippen molar-refractivity contribution in [1.29, 1.82) is 0 Å². The molecule has 3 aliphatic rings. The molecule has 3 rings (SSSR count).